The summed E-state index contributed by atoms with van der Waals surface area (Å²) in [6.07, 6.45) is 2.37. The molecular weight excluding hydrogens is 330 g/mol. The minimum atomic E-state index is -0.719. The summed E-state index contributed by atoms with van der Waals surface area (Å²) in [5.41, 5.74) is 4.95. The Morgan fingerprint density at radius 3 is 2.62 bits per heavy atom. The van der Waals surface area contributed by atoms with Crippen LogP contribution in [0.3, 0.4) is 0 Å². The fraction of sp³-hybridized carbons (Fsp3) is 0.421. The zero-order valence-corrected chi connectivity index (χ0v) is 15.6. The number of aliphatic hydroxyl groups excluding tert-OH is 2. The quantitative estimate of drug-likeness (QED) is 0.703. The smallest absolute Gasteiger partial charge is 0.165 e. The van der Waals surface area contributed by atoms with Gasteiger partial charge in [-0.25, -0.2) is 15.0 Å². The van der Waals surface area contributed by atoms with Crippen LogP contribution in [0, 0.1) is 13.8 Å². The van der Waals surface area contributed by atoms with E-state index in [2.05, 4.69) is 47.0 Å². The van der Waals surface area contributed by atoms with Crippen molar-refractivity contribution >= 4 is 17.0 Å². The molecule has 7 heteroatoms. The summed E-state index contributed by atoms with van der Waals surface area (Å²) in [7, 11) is 1.97. The molecule has 2 aromatic heterocycles. The molecule has 2 heterocycles. The van der Waals surface area contributed by atoms with Crippen molar-refractivity contribution in [3.8, 4) is 0 Å². The van der Waals surface area contributed by atoms with E-state index in [1.54, 1.807) is 17.8 Å². The topological polar surface area (TPSA) is 87.3 Å². The Balaban J connectivity index is 1.96. The number of aromatic nitrogens is 4. The van der Waals surface area contributed by atoms with Gasteiger partial charge in [-0.15, -0.1) is 0 Å². The number of anilines is 1. The van der Waals surface area contributed by atoms with Crippen LogP contribution >= 0.6 is 0 Å². The van der Waals surface area contributed by atoms with Crippen molar-refractivity contribution in [3.05, 3.63) is 47.5 Å². The van der Waals surface area contributed by atoms with Gasteiger partial charge in [0, 0.05) is 13.6 Å². The first-order valence-electron chi connectivity index (χ1n) is 8.66. The second kappa shape index (κ2) is 7.39. The molecule has 7 nitrogen and oxygen atoms in total. The lowest BCUT2D eigenvalue weighted by Gasteiger charge is -2.21. The average molecular weight is 355 g/mol. The van der Waals surface area contributed by atoms with Gasteiger partial charge >= 0.3 is 0 Å². The molecule has 3 aromatic rings. The average Bonchev–Trinajstić information content (AvgIpc) is 3.01. The summed E-state index contributed by atoms with van der Waals surface area (Å²) in [5, 5.41) is 19.5. The maximum Gasteiger partial charge on any atom is 0.165 e. The van der Waals surface area contributed by atoms with Crippen LogP contribution in [0.2, 0.25) is 0 Å². The van der Waals surface area contributed by atoms with Crippen LogP contribution < -0.4 is 4.90 Å². The molecule has 138 valence electrons. The fourth-order valence-electron chi connectivity index (χ4n) is 3.19. The molecule has 0 radical (unpaired) electrons. The second-order valence-electron chi connectivity index (χ2n) is 6.80. The molecule has 0 aliphatic rings. The normalized spacial score (nSPS) is 13.8. The summed E-state index contributed by atoms with van der Waals surface area (Å²) in [5.74, 6) is 0.719. The van der Waals surface area contributed by atoms with E-state index in [0.29, 0.717) is 17.7 Å². The highest BCUT2D eigenvalue weighted by Crippen LogP contribution is 2.25. The second-order valence-corrected chi connectivity index (χ2v) is 6.80. The van der Waals surface area contributed by atoms with Gasteiger partial charge in [-0.3, -0.25) is 0 Å². The first-order chi connectivity index (χ1) is 12.4. The van der Waals surface area contributed by atoms with E-state index >= 15 is 0 Å². The number of hydrogen-bond acceptors (Lipinski definition) is 6. The molecule has 1 aromatic carbocycles. The fourth-order valence-corrected chi connectivity index (χ4v) is 3.19. The third-order valence-corrected chi connectivity index (χ3v) is 4.71. The molecule has 0 unspecified atom stereocenters. The molecule has 0 aliphatic heterocycles. The Morgan fingerprint density at radius 1 is 1.19 bits per heavy atom. The molecule has 0 fully saturated rings. The minimum absolute atomic E-state index is 0.194. The highest BCUT2D eigenvalue weighted by atomic mass is 16.3. The van der Waals surface area contributed by atoms with Crippen molar-refractivity contribution in [1.29, 1.82) is 0 Å². The highest BCUT2D eigenvalue weighted by Gasteiger charge is 2.21. The van der Waals surface area contributed by atoms with E-state index in [1.807, 2.05) is 11.9 Å². The van der Waals surface area contributed by atoms with Crippen LogP contribution in [0.15, 0.2) is 30.9 Å². The monoisotopic (exact) mass is 355 g/mol. The molecule has 0 aliphatic carbocycles. The van der Waals surface area contributed by atoms with Gasteiger partial charge in [-0.1, -0.05) is 23.8 Å². The van der Waals surface area contributed by atoms with Crippen molar-refractivity contribution in [2.24, 2.45) is 0 Å². The van der Waals surface area contributed by atoms with Gasteiger partial charge in [0.15, 0.2) is 17.0 Å². The molecule has 2 N–H and O–H groups in total. The standard InChI is InChI=1S/C19H25N5O2/c1-12-5-6-15(13(2)7-12)8-23(4)18-17-19(21-10-20-18)24(11-22-17)16(9-25)14(3)26/h5-7,10-11,14,16,25-26H,8-9H2,1-4H3/t14-,16-/m1/s1. The van der Waals surface area contributed by atoms with Crippen LogP contribution in [-0.2, 0) is 6.54 Å². The number of imidazole rings is 1. The lowest BCUT2D eigenvalue weighted by Crippen LogP contribution is -2.24. The van der Waals surface area contributed by atoms with E-state index in [4.69, 9.17) is 0 Å². The molecule has 0 bridgehead atoms. The van der Waals surface area contributed by atoms with Gasteiger partial charge in [0.05, 0.1) is 25.1 Å². The molecule has 0 saturated heterocycles. The van der Waals surface area contributed by atoms with Gasteiger partial charge in [0.2, 0.25) is 0 Å². The lowest BCUT2D eigenvalue weighted by molar-refractivity contribution is 0.0885. The van der Waals surface area contributed by atoms with Gasteiger partial charge < -0.3 is 19.7 Å². The molecular formula is C19H25N5O2. The van der Waals surface area contributed by atoms with E-state index in [9.17, 15) is 10.2 Å². The van der Waals surface area contributed by atoms with E-state index in [0.717, 1.165) is 5.82 Å². The number of rotatable bonds is 6. The van der Waals surface area contributed by atoms with Crippen LogP contribution in [0.4, 0.5) is 5.82 Å². The predicted molar refractivity (Wildman–Crippen MR) is 101 cm³/mol. The molecule has 3 rings (SSSR count). The zero-order chi connectivity index (χ0) is 18.8. The Labute approximate surface area is 153 Å². The molecule has 2 atom stereocenters. The van der Waals surface area contributed by atoms with Crippen molar-refractivity contribution in [3.63, 3.8) is 0 Å². The summed E-state index contributed by atoms with van der Waals surface area (Å²) < 4.78 is 1.70. The highest BCUT2D eigenvalue weighted by molar-refractivity contribution is 5.83. The largest absolute Gasteiger partial charge is 0.394 e. The summed E-state index contributed by atoms with van der Waals surface area (Å²) in [6.45, 7) is 6.34. The van der Waals surface area contributed by atoms with Gasteiger partial charge in [0.1, 0.15) is 6.33 Å². The van der Waals surface area contributed by atoms with Crippen LogP contribution in [0.25, 0.3) is 11.2 Å². The van der Waals surface area contributed by atoms with E-state index in [1.165, 1.54) is 23.0 Å². The summed E-state index contributed by atoms with van der Waals surface area (Å²) in [4.78, 5) is 15.2. The third-order valence-electron chi connectivity index (χ3n) is 4.71. The molecule has 0 amide bonds. The lowest BCUT2D eigenvalue weighted by atomic mass is 10.1. The summed E-state index contributed by atoms with van der Waals surface area (Å²) in [6, 6.07) is 5.91. The number of hydrogen-bond donors (Lipinski definition) is 2. The molecule has 26 heavy (non-hydrogen) atoms. The first kappa shape index (κ1) is 18.3. The van der Waals surface area contributed by atoms with Crippen LogP contribution in [0.1, 0.15) is 29.7 Å². The summed E-state index contributed by atoms with van der Waals surface area (Å²) >= 11 is 0. The Kier molecular flexibility index (Phi) is 5.20. The van der Waals surface area contributed by atoms with Crippen molar-refractivity contribution in [1.82, 2.24) is 19.5 Å². The number of fused-ring (bicyclic) bond motifs is 1. The Morgan fingerprint density at radius 2 is 1.96 bits per heavy atom. The van der Waals surface area contributed by atoms with E-state index < -0.39 is 12.1 Å². The number of nitrogens with zero attached hydrogens (tertiary/aromatic N) is 5. The third kappa shape index (κ3) is 3.40. The van der Waals surface area contributed by atoms with Gasteiger partial charge in [0.25, 0.3) is 0 Å². The Bertz CT molecular complexity index is 906. The van der Waals surface area contributed by atoms with Gasteiger partial charge in [-0.05, 0) is 31.9 Å². The maximum atomic E-state index is 9.91. The predicted octanol–water partition coefficient (Wildman–Crippen LogP) is 1.99. The van der Waals surface area contributed by atoms with Crippen molar-refractivity contribution < 1.29 is 10.2 Å². The molecule has 0 saturated carbocycles. The van der Waals surface area contributed by atoms with Crippen LogP contribution in [-0.4, -0.2) is 49.5 Å². The zero-order valence-electron chi connectivity index (χ0n) is 15.6. The minimum Gasteiger partial charge on any atom is -0.394 e. The number of aliphatic hydroxyl groups is 2. The van der Waals surface area contributed by atoms with Gasteiger partial charge in [-0.2, -0.15) is 0 Å². The van der Waals surface area contributed by atoms with Crippen molar-refractivity contribution in [2.75, 3.05) is 18.6 Å². The van der Waals surface area contributed by atoms with Crippen LogP contribution in [0.5, 0.6) is 0 Å². The van der Waals surface area contributed by atoms with E-state index in [-0.39, 0.29) is 6.61 Å². The number of aryl methyl sites for hydroxylation is 2. The van der Waals surface area contributed by atoms with Crippen molar-refractivity contribution in [2.45, 2.75) is 39.5 Å². The SMILES string of the molecule is Cc1ccc(CN(C)c2ncnc3c2ncn3[C@H](CO)[C@@H](C)O)c(C)c1. The first-order valence-corrected chi connectivity index (χ1v) is 8.66. The Hall–Kier alpha value is -2.51. The number of benzene rings is 1. The molecule has 0 spiro atoms. The maximum absolute atomic E-state index is 9.91.